The van der Waals surface area contributed by atoms with E-state index in [9.17, 15) is 18.0 Å². The number of alkyl halides is 3. The van der Waals surface area contributed by atoms with E-state index in [1.807, 2.05) is 52.0 Å². The third-order valence-electron chi connectivity index (χ3n) is 7.48. The SMILES string of the molecule is Cn1nc(-c2ccc(C(=O)N3CC(C(F)(F)F)C3)cc2)nc1Nc1ccc(B2OC(C)(C)C(C)(C)O2)cc1. The van der Waals surface area contributed by atoms with Gasteiger partial charge in [-0.1, -0.05) is 24.3 Å². The van der Waals surface area contributed by atoms with Crippen molar-refractivity contribution in [3.05, 3.63) is 54.1 Å². The fourth-order valence-electron chi connectivity index (χ4n) is 4.24. The van der Waals surface area contributed by atoms with Crippen LogP contribution in [0.2, 0.25) is 0 Å². The molecule has 5 rings (SSSR count). The van der Waals surface area contributed by atoms with Crippen LogP contribution >= 0.6 is 0 Å². The molecule has 0 radical (unpaired) electrons. The highest BCUT2D eigenvalue weighted by Crippen LogP contribution is 2.37. The second-order valence-electron chi connectivity index (χ2n) is 10.7. The maximum atomic E-state index is 12.7. The number of carbonyl (C=O) groups is 1. The molecule has 1 N–H and O–H groups in total. The van der Waals surface area contributed by atoms with Crippen LogP contribution in [0.4, 0.5) is 24.8 Å². The van der Waals surface area contributed by atoms with Crippen molar-refractivity contribution in [2.75, 3.05) is 18.4 Å². The van der Waals surface area contributed by atoms with Gasteiger partial charge in [-0.2, -0.15) is 18.2 Å². The minimum atomic E-state index is -4.27. The van der Waals surface area contributed by atoms with Gasteiger partial charge in [0.15, 0.2) is 5.82 Å². The molecule has 0 saturated carbocycles. The molecule has 2 aliphatic heterocycles. The van der Waals surface area contributed by atoms with E-state index in [2.05, 4.69) is 15.4 Å². The van der Waals surface area contributed by atoms with Crippen LogP contribution in [0.25, 0.3) is 11.4 Å². The number of nitrogens with zero attached hydrogens (tertiary/aromatic N) is 4. The van der Waals surface area contributed by atoms with Crippen molar-refractivity contribution in [3.63, 3.8) is 0 Å². The summed E-state index contributed by atoms with van der Waals surface area (Å²) < 4.78 is 52.0. The summed E-state index contributed by atoms with van der Waals surface area (Å²) >= 11 is 0. The Balaban J connectivity index is 1.23. The number of anilines is 2. The molecule has 0 spiro atoms. The van der Waals surface area contributed by atoms with Gasteiger partial charge in [-0.3, -0.25) is 4.79 Å². The van der Waals surface area contributed by atoms with Gasteiger partial charge in [0, 0.05) is 37.0 Å². The van der Waals surface area contributed by atoms with Crippen LogP contribution in [-0.4, -0.2) is 63.2 Å². The summed E-state index contributed by atoms with van der Waals surface area (Å²) in [7, 11) is 1.31. The molecular formula is C26H29BF3N5O3. The predicted octanol–water partition coefficient (Wildman–Crippen LogP) is 4.16. The smallest absolute Gasteiger partial charge is 0.399 e. The minimum Gasteiger partial charge on any atom is -0.399 e. The third kappa shape index (κ3) is 4.90. The molecule has 0 bridgehead atoms. The maximum absolute atomic E-state index is 12.7. The molecule has 2 aliphatic rings. The first-order chi connectivity index (χ1) is 17.7. The Morgan fingerprint density at radius 2 is 1.58 bits per heavy atom. The van der Waals surface area contributed by atoms with Crippen LogP contribution in [0.1, 0.15) is 38.1 Å². The van der Waals surface area contributed by atoms with Crippen LogP contribution in [0.5, 0.6) is 0 Å². The van der Waals surface area contributed by atoms with Gasteiger partial charge in [-0.25, -0.2) is 4.68 Å². The Kier molecular flexibility index (Phi) is 6.30. The highest BCUT2D eigenvalue weighted by Gasteiger charge is 2.51. The van der Waals surface area contributed by atoms with Crippen LogP contribution in [-0.2, 0) is 16.4 Å². The van der Waals surface area contributed by atoms with E-state index in [0.29, 0.717) is 22.9 Å². The number of amides is 1. The lowest BCUT2D eigenvalue weighted by molar-refractivity contribution is -0.202. The summed E-state index contributed by atoms with van der Waals surface area (Å²) in [6, 6.07) is 14.2. The van der Waals surface area contributed by atoms with Crippen molar-refractivity contribution in [2.45, 2.75) is 45.1 Å². The normalized spacial score (nSPS) is 18.9. The van der Waals surface area contributed by atoms with Crippen LogP contribution in [0, 0.1) is 5.92 Å². The third-order valence-corrected chi connectivity index (χ3v) is 7.48. The Hall–Kier alpha value is -3.38. The van der Waals surface area contributed by atoms with E-state index in [1.54, 1.807) is 36.0 Å². The number of aromatic nitrogens is 3. The first-order valence-electron chi connectivity index (χ1n) is 12.3. The van der Waals surface area contributed by atoms with Gasteiger partial charge < -0.3 is 19.5 Å². The molecule has 0 unspecified atom stereocenters. The van der Waals surface area contributed by atoms with E-state index in [1.165, 1.54) is 4.90 Å². The van der Waals surface area contributed by atoms with Gasteiger partial charge in [-0.15, -0.1) is 5.10 Å². The number of nitrogens with one attached hydrogen (secondary N) is 1. The minimum absolute atomic E-state index is 0.307. The molecule has 1 amide bonds. The molecule has 2 fully saturated rings. The summed E-state index contributed by atoms with van der Waals surface area (Å²) in [5.41, 5.74) is 1.89. The molecule has 2 aromatic carbocycles. The van der Waals surface area contributed by atoms with Gasteiger partial charge in [0.1, 0.15) is 0 Å². The van der Waals surface area contributed by atoms with Crippen molar-refractivity contribution in [1.82, 2.24) is 19.7 Å². The van der Waals surface area contributed by atoms with Gasteiger partial charge in [0.2, 0.25) is 5.95 Å². The molecule has 12 heteroatoms. The average Bonchev–Trinajstić information content (AvgIpc) is 3.27. The van der Waals surface area contributed by atoms with E-state index in [0.717, 1.165) is 11.2 Å². The summed E-state index contributed by atoms with van der Waals surface area (Å²) in [5.74, 6) is -0.905. The number of halogens is 3. The quantitative estimate of drug-likeness (QED) is 0.502. The summed E-state index contributed by atoms with van der Waals surface area (Å²) in [6.07, 6.45) is -4.27. The summed E-state index contributed by atoms with van der Waals surface area (Å²) in [6.45, 7) is 7.44. The zero-order valence-corrected chi connectivity index (χ0v) is 21.8. The number of hydrogen-bond acceptors (Lipinski definition) is 6. The number of aryl methyl sites for hydroxylation is 1. The number of carbonyl (C=O) groups excluding carboxylic acids is 1. The largest absolute Gasteiger partial charge is 0.494 e. The Morgan fingerprint density at radius 1 is 1.00 bits per heavy atom. The van der Waals surface area contributed by atoms with Crippen LogP contribution in [0.15, 0.2) is 48.5 Å². The number of rotatable bonds is 5. The highest BCUT2D eigenvalue weighted by atomic mass is 19.4. The highest BCUT2D eigenvalue weighted by molar-refractivity contribution is 6.62. The molecule has 200 valence electrons. The van der Waals surface area contributed by atoms with Crippen molar-refractivity contribution >= 4 is 30.1 Å². The van der Waals surface area contributed by atoms with Crippen molar-refractivity contribution < 1.29 is 27.3 Å². The van der Waals surface area contributed by atoms with Gasteiger partial charge in [0.25, 0.3) is 5.91 Å². The van der Waals surface area contributed by atoms with Gasteiger partial charge in [0.05, 0.1) is 17.1 Å². The number of hydrogen-bond donors (Lipinski definition) is 1. The lowest BCUT2D eigenvalue weighted by Crippen LogP contribution is -2.55. The predicted molar refractivity (Wildman–Crippen MR) is 137 cm³/mol. The first kappa shape index (κ1) is 26.2. The maximum Gasteiger partial charge on any atom is 0.494 e. The average molecular weight is 527 g/mol. The zero-order chi connectivity index (χ0) is 27.5. The fourth-order valence-corrected chi connectivity index (χ4v) is 4.24. The molecule has 3 aromatic rings. The molecule has 8 nitrogen and oxygen atoms in total. The second-order valence-corrected chi connectivity index (χ2v) is 10.7. The number of likely N-dealkylation sites (tertiary alicyclic amines) is 1. The van der Waals surface area contributed by atoms with Crippen LogP contribution < -0.4 is 10.8 Å². The topological polar surface area (TPSA) is 81.5 Å². The molecule has 0 atom stereocenters. The van der Waals surface area contributed by atoms with Gasteiger partial charge in [-0.05, 0) is 57.4 Å². The van der Waals surface area contributed by atoms with E-state index >= 15 is 0 Å². The molecule has 38 heavy (non-hydrogen) atoms. The first-order valence-corrected chi connectivity index (χ1v) is 12.3. The Labute approximate surface area is 219 Å². The second kappa shape index (κ2) is 9.13. The van der Waals surface area contributed by atoms with Gasteiger partial charge >= 0.3 is 13.3 Å². The summed E-state index contributed by atoms with van der Waals surface area (Å²) in [5, 5.41) is 7.69. The number of benzene rings is 2. The lowest BCUT2D eigenvalue weighted by Gasteiger charge is -2.40. The molecular weight excluding hydrogens is 498 g/mol. The van der Waals surface area contributed by atoms with E-state index in [4.69, 9.17) is 9.31 Å². The van der Waals surface area contributed by atoms with E-state index < -0.39 is 36.3 Å². The Morgan fingerprint density at radius 3 is 2.13 bits per heavy atom. The molecule has 0 aliphatic carbocycles. The molecule has 1 aromatic heterocycles. The van der Waals surface area contributed by atoms with Crippen molar-refractivity contribution in [3.8, 4) is 11.4 Å². The van der Waals surface area contributed by atoms with E-state index in [-0.39, 0.29) is 13.1 Å². The summed E-state index contributed by atoms with van der Waals surface area (Å²) in [4.78, 5) is 18.2. The monoisotopic (exact) mass is 527 g/mol. The Bertz CT molecular complexity index is 1320. The van der Waals surface area contributed by atoms with Crippen molar-refractivity contribution in [1.29, 1.82) is 0 Å². The molecule has 3 heterocycles. The van der Waals surface area contributed by atoms with Crippen molar-refractivity contribution in [2.24, 2.45) is 13.0 Å². The lowest BCUT2D eigenvalue weighted by atomic mass is 9.79. The standard InChI is InChI=1S/C26H29BF3N5O3/c1-24(2)25(3,4)38-27(37-24)19-10-12-20(13-11-19)31-23-32-21(33-34(23)5)16-6-8-17(9-7-16)22(36)35-14-18(15-35)26(28,29)30/h6-13,18H,14-15H2,1-5H3,(H,31,32,33). The van der Waals surface area contributed by atoms with Crippen LogP contribution in [0.3, 0.4) is 0 Å². The fraction of sp³-hybridized carbons (Fsp3) is 0.423. The molecule has 2 saturated heterocycles. The zero-order valence-electron chi connectivity index (χ0n) is 21.8.